The molecule has 2 fully saturated rings. The zero-order valence-corrected chi connectivity index (χ0v) is 8.01. The van der Waals surface area contributed by atoms with E-state index >= 15 is 0 Å². The van der Waals surface area contributed by atoms with Crippen LogP contribution in [0.25, 0.3) is 0 Å². The molecule has 2 unspecified atom stereocenters. The van der Waals surface area contributed by atoms with Crippen LogP contribution in [-0.2, 0) is 0 Å². The molecule has 0 saturated heterocycles. The lowest BCUT2D eigenvalue weighted by molar-refractivity contribution is 0.0318. The summed E-state index contributed by atoms with van der Waals surface area (Å²) in [6, 6.07) is 0. The second-order valence-electron chi connectivity index (χ2n) is 5.31. The Bertz CT molecular complexity index is 196. The highest BCUT2D eigenvalue weighted by molar-refractivity contribution is 5.16. The molecule has 0 bridgehead atoms. The molecule has 0 aromatic carbocycles. The lowest BCUT2D eigenvalue weighted by Gasteiger charge is -2.29. The fraction of sp³-hybridized carbons (Fsp3) is 1.00. The van der Waals surface area contributed by atoms with E-state index in [1.807, 2.05) is 0 Å². The normalized spacial score (nSPS) is 33.5. The summed E-state index contributed by atoms with van der Waals surface area (Å²) in [6.07, 6.45) is 3.76. The van der Waals surface area contributed by atoms with Gasteiger partial charge in [0.2, 0.25) is 0 Å². The Morgan fingerprint density at radius 1 is 1.58 bits per heavy atom. The molecule has 2 aliphatic rings. The van der Waals surface area contributed by atoms with Crippen LogP contribution in [0.4, 0.5) is 0 Å². The molecule has 0 aromatic heterocycles. The lowest BCUT2D eigenvalue weighted by atomic mass is 9.83. The Kier molecular flexibility index (Phi) is 1.59. The van der Waals surface area contributed by atoms with E-state index in [0.717, 1.165) is 0 Å². The van der Waals surface area contributed by atoms with Gasteiger partial charge in [0.05, 0.1) is 6.10 Å². The second-order valence-corrected chi connectivity index (χ2v) is 5.31. The smallest absolute Gasteiger partial charge is 0.0636 e. The molecule has 0 radical (unpaired) electrons. The zero-order chi connectivity index (χ0) is 8.98. The number of hydrogen-bond acceptors (Lipinski definition) is 2. The molecule has 70 valence electrons. The Morgan fingerprint density at radius 3 is 2.50 bits per heavy atom. The van der Waals surface area contributed by atoms with Crippen LogP contribution in [0, 0.1) is 16.7 Å². The molecule has 2 saturated carbocycles. The third-order valence-electron chi connectivity index (χ3n) is 3.85. The minimum absolute atomic E-state index is 0.0866. The summed E-state index contributed by atoms with van der Waals surface area (Å²) in [5, 5.41) is 10.0. The van der Waals surface area contributed by atoms with Gasteiger partial charge in [-0.25, -0.2) is 0 Å². The van der Waals surface area contributed by atoms with Gasteiger partial charge in [0, 0.05) is 5.41 Å². The Balaban J connectivity index is 1.96. The molecule has 2 heteroatoms. The average molecular weight is 169 g/mol. The first-order valence-corrected chi connectivity index (χ1v) is 4.90. The van der Waals surface area contributed by atoms with Gasteiger partial charge in [0.1, 0.15) is 0 Å². The third kappa shape index (κ3) is 1.09. The van der Waals surface area contributed by atoms with Crippen molar-refractivity contribution >= 4 is 0 Å². The van der Waals surface area contributed by atoms with Gasteiger partial charge in [-0.15, -0.1) is 0 Å². The number of hydrogen-bond donors (Lipinski definition) is 2. The first-order valence-electron chi connectivity index (χ1n) is 4.90. The van der Waals surface area contributed by atoms with E-state index in [2.05, 4.69) is 13.8 Å². The molecule has 1 spiro atoms. The van der Waals surface area contributed by atoms with Gasteiger partial charge in [-0.3, -0.25) is 0 Å². The highest BCUT2D eigenvalue weighted by Crippen LogP contribution is 2.72. The van der Waals surface area contributed by atoms with Gasteiger partial charge < -0.3 is 10.8 Å². The van der Waals surface area contributed by atoms with Gasteiger partial charge in [-0.2, -0.15) is 0 Å². The molecule has 2 aliphatic carbocycles. The Morgan fingerprint density at radius 2 is 2.17 bits per heavy atom. The molecular formula is C10H19NO. The largest absolute Gasteiger partial charge is 0.392 e. The molecule has 0 amide bonds. The van der Waals surface area contributed by atoms with Crippen LogP contribution >= 0.6 is 0 Å². The van der Waals surface area contributed by atoms with Gasteiger partial charge in [0.25, 0.3) is 0 Å². The molecular weight excluding hydrogens is 150 g/mol. The fourth-order valence-corrected chi connectivity index (χ4v) is 2.23. The SMILES string of the molecule is CC(C)(CN)C(O)C1CC12CC2. The zero-order valence-electron chi connectivity index (χ0n) is 8.01. The van der Waals surface area contributed by atoms with Crippen LogP contribution in [0.1, 0.15) is 33.1 Å². The quantitative estimate of drug-likeness (QED) is 0.665. The van der Waals surface area contributed by atoms with Crippen molar-refractivity contribution in [3.63, 3.8) is 0 Å². The molecule has 2 nitrogen and oxygen atoms in total. The van der Waals surface area contributed by atoms with Gasteiger partial charge >= 0.3 is 0 Å². The van der Waals surface area contributed by atoms with Crippen LogP contribution in [0.2, 0.25) is 0 Å². The topological polar surface area (TPSA) is 46.2 Å². The minimum Gasteiger partial charge on any atom is -0.392 e. The van der Waals surface area contributed by atoms with Crippen molar-refractivity contribution in [3.05, 3.63) is 0 Å². The first-order chi connectivity index (χ1) is 5.52. The number of nitrogens with two attached hydrogens (primary N) is 1. The first kappa shape index (κ1) is 8.52. The average Bonchev–Trinajstić information content (AvgIpc) is 2.92. The second kappa shape index (κ2) is 2.24. The monoisotopic (exact) mass is 169 g/mol. The van der Waals surface area contributed by atoms with Crippen molar-refractivity contribution in [1.29, 1.82) is 0 Å². The van der Waals surface area contributed by atoms with Crippen molar-refractivity contribution in [2.75, 3.05) is 6.54 Å². The summed E-state index contributed by atoms with van der Waals surface area (Å²) in [5.74, 6) is 0.566. The summed E-state index contributed by atoms with van der Waals surface area (Å²) in [4.78, 5) is 0. The molecule has 0 heterocycles. The van der Waals surface area contributed by atoms with Gasteiger partial charge in [-0.1, -0.05) is 13.8 Å². The van der Waals surface area contributed by atoms with Crippen LogP contribution in [0.3, 0.4) is 0 Å². The summed E-state index contributed by atoms with van der Waals surface area (Å²) in [6.45, 7) is 4.71. The molecule has 0 aliphatic heterocycles. The fourth-order valence-electron chi connectivity index (χ4n) is 2.23. The summed E-state index contributed by atoms with van der Waals surface area (Å²) in [5.41, 5.74) is 6.12. The van der Waals surface area contributed by atoms with E-state index < -0.39 is 0 Å². The molecule has 0 aromatic rings. The Labute approximate surface area is 74.1 Å². The van der Waals surface area contributed by atoms with E-state index in [-0.39, 0.29) is 11.5 Å². The van der Waals surface area contributed by atoms with Gasteiger partial charge in [-0.05, 0) is 37.1 Å². The van der Waals surface area contributed by atoms with Crippen molar-refractivity contribution in [2.45, 2.75) is 39.2 Å². The number of rotatable bonds is 3. The maximum Gasteiger partial charge on any atom is 0.0636 e. The number of aliphatic hydroxyl groups is 1. The van der Waals surface area contributed by atoms with E-state index in [1.54, 1.807) is 0 Å². The van der Waals surface area contributed by atoms with E-state index in [1.165, 1.54) is 19.3 Å². The molecule has 2 rings (SSSR count). The molecule has 12 heavy (non-hydrogen) atoms. The van der Waals surface area contributed by atoms with E-state index in [9.17, 15) is 5.11 Å². The maximum atomic E-state index is 10.0. The number of aliphatic hydroxyl groups excluding tert-OH is 1. The predicted octanol–water partition coefficient (Wildman–Crippen LogP) is 1.13. The third-order valence-corrected chi connectivity index (χ3v) is 3.85. The Hall–Kier alpha value is -0.0800. The van der Waals surface area contributed by atoms with E-state index in [4.69, 9.17) is 5.73 Å². The van der Waals surface area contributed by atoms with Crippen LogP contribution in [-0.4, -0.2) is 17.8 Å². The maximum absolute atomic E-state index is 10.0. The molecule has 3 N–H and O–H groups in total. The highest BCUT2D eigenvalue weighted by atomic mass is 16.3. The minimum atomic E-state index is -0.176. The standard InChI is InChI=1S/C10H19NO/c1-9(2,6-11)8(12)7-5-10(7)3-4-10/h7-8,12H,3-6,11H2,1-2H3. The highest BCUT2D eigenvalue weighted by Gasteiger charge is 2.66. The van der Waals surface area contributed by atoms with Gasteiger partial charge in [0.15, 0.2) is 0 Å². The summed E-state index contributed by atoms with van der Waals surface area (Å²) in [7, 11) is 0. The van der Waals surface area contributed by atoms with Crippen LogP contribution in [0.15, 0.2) is 0 Å². The summed E-state index contributed by atoms with van der Waals surface area (Å²) < 4.78 is 0. The van der Waals surface area contributed by atoms with Crippen molar-refractivity contribution in [3.8, 4) is 0 Å². The van der Waals surface area contributed by atoms with Crippen molar-refractivity contribution < 1.29 is 5.11 Å². The lowest BCUT2D eigenvalue weighted by Crippen LogP contribution is -2.38. The predicted molar refractivity (Wildman–Crippen MR) is 48.6 cm³/mol. The van der Waals surface area contributed by atoms with Crippen molar-refractivity contribution in [1.82, 2.24) is 0 Å². The van der Waals surface area contributed by atoms with Crippen LogP contribution < -0.4 is 5.73 Å². The summed E-state index contributed by atoms with van der Waals surface area (Å²) >= 11 is 0. The van der Waals surface area contributed by atoms with Crippen LogP contribution in [0.5, 0.6) is 0 Å². The molecule has 2 atom stereocenters. The van der Waals surface area contributed by atoms with E-state index in [0.29, 0.717) is 17.9 Å². The van der Waals surface area contributed by atoms with Crippen molar-refractivity contribution in [2.24, 2.45) is 22.5 Å².